The van der Waals surface area contributed by atoms with E-state index in [1.54, 1.807) is 0 Å². The van der Waals surface area contributed by atoms with Crippen molar-refractivity contribution in [3.05, 3.63) is 0 Å². The topological polar surface area (TPSA) is 52.6 Å². The molecular formula is C18H30ClF3O4. The van der Waals surface area contributed by atoms with Gasteiger partial charge in [-0.2, -0.15) is 13.2 Å². The fourth-order valence-corrected chi connectivity index (χ4v) is 2.40. The van der Waals surface area contributed by atoms with Gasteiger partial charge in [-0.25, -0.2) is 0 Å². The minimum Gasteiger partial charge on any atom is -0.466 e. The summed E-state index contributed by atoms with van der Waals surface area (Å²) in [7, 11) is 0. The summed E-state index contributed by atoms with van der Waals surface area (Å²) in [6.07, 6.45) is 1.84. The molecule has 0 rings (SSSR count). The number of carbonyl (C=O) groups excluding carboxylic acids is 2. The number of unbranched alkanes of at least 4 members (excludes halogenated alkanes) is 7. The lowest BCUT2D eigenvalue weighted by Gasteiger charge is -2.16. The van der Waals surface area contributed by atoms with E-state index < -0.39 is 24.2 Å². The number of esters is 2. The zero-order chi connectivity index (χ0) is 19.8. The summed E-state index contributed by atoms with van der Waals surface area (Å²) in [5.41, 5.74) is 0. The fourth-order valence-electron chi connectivity index (χ4n) is 2.22. The fraction of sp³-hybridized carbons (Fsp3) is 0.889. The van der Waals surface area contributed by atoms with Crippen molar-refractivity contribution < 1.29 is 32.2 Å². The minimum atomic E-state index is -4.57. The Labute approximate surface area is 158 Å². The zero-order valence-corrected chi connectivity index (χ0v) is 16.2. The van der Waals surface area contributed by atoms with E-state index in [0.717, 1.165) is 44.9 Å². The van der Waals surface area contributed by atoms with Crippen LogP contribution in [0.25, 0.3) is 0 Å². The summed E-state index contributed by atoms with van der Waals surface area (Å²) in [5.74, 6) is -0.685. The van der Waals surface area contributed by atoms with E-state index in [1.807, 2.05) is 0 Å². The smallest absolute Gasteiger partial charge is 0.425 e. The van der Waals surface area contributed by atoms with Crippen molar-refractivity contribution in [2.24, 2.45) is 0 Å². The molecular weight excluding hydrogens is 373 g/mol. The third-order valence-electron chi connectivity index (χ3n) is 3.82. The zero-order valence-electron chi connectivity index (χ0n) is 15.4. The molecule has 0 amide bonds. The number of ether oxygens (including phenoxy) is 2. The first-order chi connectivity index (χ1) is 12.3. The Morgan fingerprint density at radius 1 is 0.846 bits per heavy atom. The predicted octanol–water partition coefficient (Wildman–Crippen LogP) is 5.55. The molecule has 0 aromatic rings. The number of carbonyl (C=O) groups is 2. The quantitative estimate of drug-likeness (QED) is 0.204. The minimum absolute atomic E-state index is 0.00390. The molecule has 0 aliphatic heterocycles. The van der Waals surface area contributed by atoms with E-state index in [0.29, 0.717) is 6.61 Å². The lowest BCUT2D eigenvalue weighted by atomic mass is 10.1. The van der Waals surface area contributed by atoms with Gasteiger partial charge in [0.2, 0.25) is 0 Å². The normalized spacial score (nSPS) is 12.7. The Morgan fingerprint density at radius 3 is 1.88 bits per heavy atom. The molecule has 0 aromatic carbocycles. The van der Waals surface area contributed by atoms with Gasteiger partial charge in [0.05, 0.1) is 6.61 Å². The molecule has 8 heteroatoms. The largest absolute Gasteiger partial charge is 0.466 e. The molecule has 0 aliphatic carbocycles. The second kappa shape index (κ2) is 15.1. The van der Waals surface area contributed by atoms with Crippen LogP contribution < -0.4 is 0 Å². The molecule has 26 heavy (non-hydrogen) atoms. The first kappa shape index (κ1) is 25.0. The molecule has 0 saturated carbocycles. The molecule has 0 heterocycles. The number of hydrogen-bond acceptors (Lipinski definition) is 4. The summed E-state index contributed by atoms with van der Waals surface area (Å²) in [4.78, 5) is 22.7. The summed E-state index contributed by atoms with van der Waals surface area (Å²) >= 11 is 5.60. The van der Waals surface area contributed by atoms with Crippen molar-refractivity contribution in [2.45, 2.75) is 89.8 Å². The highest BCUT2D eigenvalue weighted by Crippen LogP contribution is 2.22. The van der Waals surface area contributed by atoms with E-state index in [9.17, 15) is 22.8 Å². The molecule has 1 unspecified atom stereocenters. The van der Waals surface area contributed by atoms with Crippen LogP contribution >= 0.6 is 11.6 Å². The Balaban J connectivity index is 3.48. The molecule has 4 nitrogen and oxygen atoms in total. The van der Waals surface area contributed by atoms with Gasteiger partial charge >= 0.3 is 18.1 Å². The predicted molar refractivity (Wildman–Crippen MR) is 94.1 cm³/mol. The molecule has 0 bridgehead atoms. The Bertz CT molecular complexity index is 389. The molecule has 0 saturated heterocycles. The highest BCUT2D eigenvalue weighted by atomic mass is 35.5. The molecule has 0 fully saturated rings. The van der Waals surface area contributed by atoms with Gasteiger partial charge in [-0.1, -0.05) is 38.5 Å². The molecule has 0 aromatic heterocycles. The van der Waals surface area contributed by atoms with Crippen LogP contribution in [0.5, 0.6) is 0 Å². The van der Waals surface area contributed by atoms with Crippen LogP contribution in [0.2, 0.25) is 0 Å². The van der Waals surface area contributed by atoms with Crippen LogP contribution in [0.4, 0.5) is 13.2 Å². The van der Waals surface area contributed by atoms with Crippen molar-refractivity contribution in [1.82, 2.24) is 0 Å². The van der Waals surface area contributed by atoms with Gasteiger partial charge in [-0.05, 0) is 26.2 Å². The molecule has 1 atom stereocenters. The van der Waals surface area contributed by atoms with Crippen molar-refractivity contribution in [2.75, 3.05) is 12.5 Å². The molecule has 0 spiro atoms. The van der Waals surface area contributed by atoms with Crippen molar-refractivity contribution in [3.63, 3.8) is 0 Å². The maximum atomic E-state index is 12.2. The van der Waals surface area contributed by atoms with E-state index in [2.05, 4.69) is 4.74 Å². The maximum Gasteiger partial charge on any atom is 0.425 e. The lowest BCUT2D eigenvalue weighted by Crippen LogP contribution is -2.30. The van der Waals surface area contributed by atoms with Crippen LogP contribution in [0.3, 0.4) is 0 Å². The number of halogens is 4. The SMILES string of the molecule is CC(OC(=O)CCCC(=O)OCCCCCCCCCCCl)C(F)(F)F. The van der Waals surface area contributed by atoms with Crippen LogP contribution in [0.1, 0.15) is 77.6 Å². The lowest BCUT2D eigenvalue weighted by molar-refractivity contribution is -0.216. The summed E-state index contributed by atoms with van der Waals surface area (Å²) < 4.78 is 45.9. The van der Waals surface area contributed by atoms with Gasteiger partial charge in [-0.3, -0.25) is 9.59 Å². The number of hydrogen-bond donors (Lipinski definition) is 0. The molecule has 0 aliphatic rings. The highest BCUT2D eigenvalue weighted by Gasteiger charge is 2.38. The Morgan fingerprint density at radius 2 is 1.35 bits per heavy atom. The monoisotopic (exact) mass is 402 g/mol. The van der Waals surface area contributed by atoms with Crippen molar-refractivity contribution in [3.8, 4) is 0 Å². The van der Waals surface area contributed by atoms with Gasteiger partial charge in [0.15, 0.2) is 6.10 Å². The van der Waals surface area contributed by atoms with Gasteiger partial charge < -0.3 is 9.47 Å². The second-order valence-corrected chi connectivity index (χ2v) is 6.64. The van der Waals surface area contributed by atoms with Gasteiger partial charge in [-0.15, -0.1) is 11.6 Å². The summed E-state index contributed by atoms with van der Waals surface area (Å²) in [6, 6.07) is 0. The van der Waals surface area contributed by atoms with Crippen LogP contribution in [-0.2, 0) is 19.1 Å². The highest BCUT2D eigenvalue weighted by molar-refractivity contribution is 6.17. The maximum absolute atomic E-state index is 12.2. The van der Waals surface area contributed by atoms with Gasteiger partial charge in [0.1, 0.15) is 0 Å². The third-order valence-corrected chi connectivity index (χ3v) is 4.09. The summed E-state index contributed by atoms with van der Waals surface area (Å²) in [5, 5.41) is 0. The van der Waals surface area contributed by atoms with E-state index >= 15 is 0 Å². The van der Waals surface area contributed by atoms with E-state index in [4.69, 9.17) is 16.3 Å². The van der Waals surface area contributed by atoms with Gasteiger partial charge in [0, 0.05) is 18.7 Å². The summed E-state index contributed by atoms with van der Waals surface area (Å²) in [6.45, 7) is 1.10. The first-order valence-corrected chi connectivity index (χ1v) is 9.78. The average Bonchev–Trinajstić information content (AvgIpc) is 2.55. The third kappa shape index (κ3) is 15.3. The molecule has 0 radical (unpaired) electrons. The average molecular weight is 403 g/mol. The molecule has 154 valence electrons. The standard InChI is InChI=1S/C18H30ClF3O4/c1-15(18(20,21)22)26-17(24)12-10-11-16(23)25-14-9-7-5-3-2-4-6-8-13-19/h15H,2-14H2,1H3. The number of rotatable bonds is 15. The van der Waals surface area contributed by atoms with Crippen molar-refractivity contribution in [1.29, 1.82) is 0 Å². The van der Waals surface area contributed by atoms with Gasteiger partial charge in [0.25, 0.3) is 0 Å². The first-order valence-electron chi connectivity index (χ1n) is 9.25. The molecule has 0 N–H and O–H groups in total. The van der Waals surface area contributed by atoms with Crippen LogP contribution in [0.15, 0.2) is 0 Å². The van der Waals surface area contributed by atoms with Crippen molar-refractivity contribution >= 4 is 23.5 Å². The van der Waals surface area contributed by atoms with E-state index in [1.165, 1.54) is 19.3 Å². The van der Waals surface area contributed by atoms with E-state index in [-0.39, 0.29) is 19.3 Å². The Kier molecular flexibility index (Phi) is 14.5. The van der Waals surface area contributed by atoms with Crippen LogP contribution in [0, 0.1) is 0 Å². The van der Waals surface area contributed by atoms with Crippen LogP contribution in [-0.4, -0.2) is 36.7 Å². The Hall–Kier alpha value is -0.980. The second-order valence-electron chi connectivity index (χ2n) is 6.27. The number of alkyl halides is 4.